The van der Waals surface area contributed by atoms with Crippen LogP contribution < -0.4 is 10.2 Å². The van der Waals surface area contributed by atoms with E-state index >= 15 is 0 Å². The Balaban J connectivity index is 1.41. The molecule has 3 heterocycles. The Morgan fingerprint density at radius 1 is 0.956 bits per heavy atom. The maximum absolute atomic E-state index is 14.7. The van der Waals surface area contributed by atoms with Crippen molar-refractivity contribution in [1.29, 1.82) is 0 Å². The Bertz CT molecular complexity index is 1580. The van der Waals surface area contributed by atoms with Crippen LogP contribution >= 0.6 is 31.9 Å². The number of carbonyl (C=O) groups excluding carboxylic acids is 3. The normalized spacial score (nSPS) is 25.8. The Morgan fingerprint density at radius 2 is 1.64 bits per heavy atom. The summed E-state index contributed by atoms with van der Waals surface area (Å²) in [7, 11) is 0. The van der Waals surface area contributed by atoms with Gasteiger partial charge in [0.2, 0.25) is 11.8 Å². The second-order valence-corrected chi connectivity index (χ2v) is 13.3. The zero-order valence-corrected chi connectivity index (χ0v) is 27.9. The zero-order chi connectivity index (χ0) is 31.4. The molecule has 3 amide bonds. The largest absolute Gasteiger partial charge is 0.359 e. The molecule has 0 unspecified atom stereocenters. The molecular formula is C36H35Br2N3O4. The number of hydrogen-bond donors (Lipinski definition) is 1. The van der Waals surface area contributed by atoms with Gasteiger partial charge in [0.1, 0.15) is 11.6 Å². The van der Waals surface area contributed by atoms with Gasteiger partial charge in [-0.2, -0.15) is 0 Å². The maximum atomic E-state index is 14.7. The molecule has 0 bridgehead atoms. The maximum Gasteiger partial charge on any atom is 0.253 e. The summed E-state index contributed by atoms with van der Waals surface area (Å²) in [6, 6.07) is 25.9. The average Bonchev–Trinajstić information content (AvgIpc) is 3.44. The molecule has 2 fully saturated rings. The quantitative estimate of drug-likeness (QED) is 0.154. The third-order valence-electron chi connectivity index (χ3n) is 8.77. The zero-order valence-electron chi connectivity index (χ0n) is 24.7. The molecule has 1 spiro atoms. The molecule has 5 atom stereocenters. The lowest BCUT2D eigenvalue weighted by Crippen LogP contribution is -2.55. The number of ether oxygens (including phenoxy) is 1. The molecule has 1 N–H and O–H groups in total. The van der Waals surface area contributed by atoms with Gasteiger partial charge in [0, 0.05) is 35.1 Å². The minimum Gasteiger partial charge on any atom is -0.359 e. The molecule has 7 nitrogen and oxygen atoms in total. The van der Waals surface area contributed by atoms with E-state index in [9.17, 15) is 14.4 Å². The van der Waals surface area contributed by atoms with Crippen LogP contribution in [0.2, 0.25) is 0 Å². The van der Waals surface area contributed by atoms with Crippen LogP contribution in [0.5, 0.6) is 0 Å². The van der Waals surface area contributed by atoms with Gasteiger partial charge >= 0.3 is 0 Å². The number of nitrogens with zero attached hydrogens (tertiary/aromatic N) is 2. The van der Waals surface area contributed by atoms with E-state index in [4.69, 9.17) is 4.74 Å². The molecule has 0 saturated carbocycles. The monoisotopic (exact) mass is 731 g/mol. The fraction of sp³-hybridized carbons (Fsp3) is 0.306. The van der Waals surface area contributed by atoms with Crippen molar-refractivity contribution >= 4 is 55.3 Å². The highest BCUT2D eigenvalue weighted by atomic mass is 79.9. The number of halogens is 2. The van der Waals surface area contributed by atoms with Crippen molar-refractivity contribution in [3.63, 3.8) is 0 Å². The summed E-state index contributed by atoms with van der Waals surface area (Å²) in [6.45, 7) is 0.871. The summed E-state index contributed by atoms with van der Waals surface area (Å²) in [4.78, 5) is 46.7. The van der Waals surface area contributed by atoms with Gasteiger partial charge in [-0.05, 0) is 48.2 Å². The molecule has 3 aromatic rings. The fourth-order valence-electron chi connectivity index (χ4n) is 6.71. The molecule has 0 radical (unpaired) electrons. The molecule has 0 aliphatic carbocycles. The van der Waals surface area contributed by atoms with Gasteiger partial charge in [0.25, 0.3) is 5.91 Å². The molecule has 9 heteroatoms. The number of allylic oxidation sites excluding steroid dienone is 1. The number of amides is 3. The third-order valence-corrected chi connectivity index (χ3v) is 9.86. The molecular weight excluding hydrogens is 698 g/mol. The number of nitrogens with one attached hydrogen (secondary N) is 1. The van der Waals surface area contributed by atoms with Crippen LogP contribution in [0.4, 0.5) is 5.69 Å². The second kappa shape index (κ2) is 13.8. The van der Waals surface area contributed by atoms with Gasteiger partial charge in [-0.3, -0.25) is 14.4 Å². The smallest absolute Gasteiger partial charge is 0.253 e. The number of benzene rings is 3. The summed E-state index contributed by atoms with van der Waals surface area (Å²) in [5.74, 6) is -2.45. The van der Waals surface area contributed by atoms with E-state index in [-0.39, 0.29) is 24.3 Å². The van der Waals surface area contributed by atoms with Crippen LogP contribution in [-0.4, -0.2) is 52.2 Å². The van der Waals surface area contributed by atoms with Crippen molar-refractivity contribution in [2.24, 2.45) is 11.8 Å². The summed E-state index contributed by atoms with van der Waals surface area (Å²) in [5, 5.41) is 3.93. The Morgan fingerprint density at radius 3 is 2.33 bits per heavy atom. The minimum atomic E-state index is -1.31. The Hall–Kier alpha value is -3.53. The van der Waals surface area contributed by atoms with Crippen molar-refractivity contribution in [3.8, 4) is 0 Å². The highest BCUT2D eigenvalue weighted by Gasteiger charge is 2.71. The first-order valence-electron chi connectivity index (χ1n) is 15.2. The predicted octanol–water partition coefficient (Wildman–Crippen LogP) is 6.18. The van der Waals surface area contributed by atoms with Crippen molar-refractivity contribution < 1.29 is 19.1 Å². The van der Waals surface area contributed by atoms with Crippen LogP contribution in [0.15, 0.2) is 114 Å². The molecule has 3 aliphatic rings. The Kier molecular flexibility index (Phi) is 9.68. The first kappa shape index (κ1) is 31.5. The van der Waals surface area contributed by atoms with Crippen molar-refractivity contribution in [1.82, 2.24) is 10.2 Å². The fourth-order valence-corrected chi connectivity index (χ4v) is 7.30. The predicted molar refractivity (Wildman–Crippen MR) is 181 cm³/mol. The van der Waals surface area contributed by atoms with E-state index in [2.05, 4.69) is 37.2 Å². The van der Waals surface area contributed by atoms with Gasteiger partial charge < -0.3 is 19.9 Å². The van der Waals surface area contributed by atoms with Crippen LogP contribution in [-0.2, 0) is 32.2 Å². The number of likely N-dealkylation sites (tertiary alicyclic amines) is 1. The first-order valence-corrected chi connectivity index (χ1v) is 17.2. The summed E-state index contributed by atoms with van der Waals surface area (Å²) >= 11 is 6.96. The number of hydrogen-bond acceptors (Lipinski definition) is 4. The van der Waals surface area contributed by atoms with Crippen LogP contribution in [0.1, 0.15) is 24.0 Å². The number of carbonyl (C=O) groups is 3. The van der Waals surface area contributed by atoms with Crippen LogP contribution in [0.3, 0.4) is 0 Å². The number of alkyl halides is 1. The SMILES string of the molecule is O=C(NCc1ccccc1)[C@@H]1[C@H](/C=C/CCCBr)O[C@@]23C=CCN(c4ccc(Br)cc4)C(=O)[C@@H]2N(Cc2ccccc2)C(=O)[C@@H]13. The standard InChI is InChI=1S/C36H35Br2N3O4/c37-21-9-3-8-15-29-30(33(42)39-23-25-11-4-1-5-12-25)31-34(43)41(24-26-13-6-2-7-14-26)32-35(44)40(22-10-20-36(31,32)45-29)28-18-16-27(38)17-19-28/h1-2,4-8,10-20,29-32H,3,9,21-24H2,(H,39,42)/b15-8+/t29-,30+,31+,32-,36+/m0/s1. The van der Waals surface area contributed by atoms with Crippen LogP contribution in [0, 0.1) is 11.8 Å². The third kappa shape index (κ3) is 6.30. The highest BCUT2D eigenvalue weighted by Crippen LogP contribution is 2.53. The lowest BCUT2D eigenvalue weighted by atomic mass is 9.77. The summed E-state index contributed by atoms with van der Waals surface area (Å²) < 4.78 is 7.77. The van der Waals surface area contributed by atoms with Gasteiger partial charge in [-0.1, -0.05) is 117 Å². The van der Waals surface area contributed by atoms with E-state index in [0.29, 0.717) is 13.1 Å². The van der Waals surface area contributed by atoms with Crippen LogP contribution in [0.25, 0.3) is 0 Å². The summed E-state index contributed by atoms with van der Waals surface area (Å²) in [5.41, 5.74) is 1.27. The van der Waals surface area contributed by atoms with E-state index < -0.39 is 29.6 Å². The average molecular weight is 734 g/mol. The molecule has 232 valence electrons. The van der Waals surface area contributed by atoms with Crippen molar-refractivity contribution in [2.75, 3.05) is 16.8 Å². The minimum absolute atomic E-state index is 0.226. The lowest BCUT2D eigenvalue weighted by molar-refractivity contribution is -0.141. The second-order valence-electron chi connectivity index (χ2n) is 11.6. The summed E-state index contributed by atoms with van der Waals surface area (Å²) in [6.07, 6.45) is 8.75. The molecule has 45 heavy (non-hydrogen) atoms. The van der Waals surface area contributed by atoms with E-state index in [0.717, 1.165) is 39.5 Å². The molecule has 2 saturated heterocycles. The van der Waals surface area contributed by atoms with Gasteiger partial charge in [-0.15, -0.1) is 0 Å². The molecule has 0 aromatic heterocycles. The van der Waals surface area contributed by atoms with Crippen molar-refractivity contribution in [3.05, 3.63) is 125 Å². The van der Waals surface area contributed by atoms with Crippen molar-refractivity contribution in [2.45, 2.75) is 43.7 Å². The van der Waals surface area contributed by atoms with Gasteiger partial charge in [0.15, 0.2) is 0 Å². The van der Waals surface area contributed by atoms with Gasteiger partial charge in [-0.25, -0.2) is 0 Å². The van der Waals surface area contributed by atoms with E-state index in [1.807, 2.05) is 109 Å². The topological polar surface area (TPSA) is 79.0 Å². The highest BCUT2D eigenvalue weighted by molar-refractivity contribution is 9.10. The number of anilines is 1. The molecule has 3 aromatic carbocycles. The first-order chi connectivity index (χ1) is 21.9. The molecule has 3 aliphatic heterocycles. The van der Waals surface area contributed by atoms with E-state index in [1.54, 1.807) is 9.80 Å². The Labute approximate surface area is 280 Å². The number of unbranched alkanes of at least 4 members (excludes halogenated alkanes) is 1. The van der Waals surface area contributed by atoms with E-state index in [1.165, 1.54) is 0 Å². The number of rotatable bonds is 10. The van der Waals surface area contributed by atoms with Gasteiger partial charge in [0.05, 0.1) is 17.9 Å². The molecule has 6 rings (SSSR count). The lowest BCUT2D eigenvalue weighted by Gasteiger charge is -2.35.